The summed E-state index contributed by atoms with van der Waals surface area (Å²) in [7, 11) is 2.83. The number of nitrogens with one attached hydrogen (secondary N) is 2. The van der Waals surface area contributed by atoms with E-state index in [0.717, 1.165) is 31.3 Å². The number of pyridine rings is 1. The van der Waals surface area contributed by atoms with E-state index < -0.39 is 77.7 Å². The fourth-order valence-corrected chi connectivity index (χ4v) is 11.2. The van der Waals surface area contributed by atoms with Crippen LogP contribution in [0.1, 0.15) is 72.6 Å². The number of halogens is 4. The Morgan fingerprint density at radius 1 is 0.831 bits per heavy atom. The summed E-state index contributed by atoms with van der Waals surface area (Å²) >= 11 is 11.2. The first kappa shape index (κ1) is 51.8. The Morgan fingerprint density at radius 3 is 1.61 bits per heavy atom. The van der Waals surface area contributed by atoms with Gasteiger partial charge in [0.15, 0.2) is 0 Å². The Bertz CT molecular complexity index is 2320. The van der Waals surface area contributed by atoms with Gasteiger partial charge in [-0.25, -0.2) is 58.8 Å². The number of aliphatic imine (C=N–C) groups is 2. The van der Waals surface area contributed by atoms with E-state index in [1.165, 1.54) is 46.3 Å². The highest BCUT2D eigenvalue weighted by atomic mass is 79.9. The maximum atomic E-state index is 15.0. The van der Waals surface area contributed by atoms with Gasteiger partial charge < -0.3 is 9.47 Å². The Kier molecular flexibility index (Phi) is 16.8. The van der Waals surface area contributed by atoms with Crippen molar-refractivity contribution in [2.75, 3.05) is 25.6 Å². The van der Waals surface area contributed by atoms with Crippen LogP contribution >= 0.6 is 50.2 Å². The number of nitrogens with zero attached hydrogens (tertiary/aromatic N) is 5. The average Bonchev–Trinajstić information content (AvgIpc) is 3.63. The molecule has 2 amide bonds. The molecule has 0 aromatic carbocycles. The van der Waals surface area contributed by atoms with E-state index in [1.807, 2.05) is 0 Å². The van der Waals surface area contributed by atoms with E-state index in [0.29, 0.717) is 14.2 Å². The molecule has 59 heavy (non-hydrogen) atoms. The first-order valence-electron chi connectivity index (χ1n) is 16.8. The molecule has 15 nitrogen and oxygen atoms in total. The Balaban J connectivity index is 0.000000392. The number of hydrogen-bond acceptors (Lipinski definition) is 13. The number of carbonyl (C=O) groups excluding carboxylic acids is 2. The highest BCUT2D eigenvalue weighted by Crippen LogP contribution is 2.42. The van der Waals surface area contributed by atoms with Gasteiger partial charge in [-0.05, 0) is 101 Å². The molecule has 3 aromatic heterocycles. The van der Waals surface area contributed by atoms with Crippen molar-refractivity contribution in [1.29, 1.82) is 0 Å². The van der Waals surface area contributed by atoms with Crippen LogP contribution in [0.25, 0.3) is 10.4 Å². The zero-order chi connectivity index (χ0) is 44.4. The van der Waals surface area contributed by atoms with Crippen LogP contribution in [0, 0.1) is 11.6 Å². The second-order valence-electron chi connectivity index (χ2n) is 15.0. The monoisotopic (exact) mass is 981 g/mol. The number of alkyl carbamates (subject to hydrolysis) is 2. The fraction of sp³-hybridized carbons (Fsp3) is 0.500. The molecule has 2 atom stereocenters. The van der Waals surface area contributed by atoms with Crippen LogP contribution < -0.4 is 10.6 Å². The summed E-state index contributed by atoms with van der Waals surface area (Å²) in [5, 5.41) is 4.95. The fourth-order valence-electron chi connectivity index (χ4n) is 5.22. The first-order valence-corrected chi connectivity index (χ1v) is 22.8. The normalized spacial score (nSPS) is 20.8. The molecule has 0 saturated heterocycles. The molecule has 0 unspecified atom stereocenters. The van der Waals surface area contributed by atoms with E-state index in [-0.39, 0.29) is 34.3 Å². The van der Waals surface area contributed by atoms with Crippen molar-refractivity contribution in [2.45, 2.75) is 85.1 Å². The number of aromatic nitrogens is 1. The summed E-state index contributed by atoms with van der Waals surface area (Å²) in [6.07, 6.45) is -0.209. The van der Waals surface area contributed by atoms with Gasteiger partial charge in [0.25, 0.3) is 0 Å². The number of thiophene rings is 2. The van der Waals surface area contributed by atoms with Crippen molar-refractivity contribution < 1.29 is 44.7 Å². The number of rotatable bonds is 3. The number of carbonyl (C=O) groups is 2. The molecule has 2 N–H and O–H groups in total. The van der Waals surface area contributed by atoms with Crippen molar-refractivity contribution >= 4 is 110 Å². The molecule has 0 aliphatic carbocycles. The molecule has 5 rings (SSSR count). The molecule has 2 aliphatic heterocycles. The van der Waals surface area contributed by atoms with Crippen LogP contribution in [0.2, 0.25) is 5.15 Å². The summed E-state index contributed by atoms with van der Waals surface area (Å²) in [6.45, 7) is 13.1. The van der Waals surface area contributed by atoms with E-state index >= 15 is 0 Å². The minimum absolute atomic E-state index is 0. The number of sulfonamides is 2. The highest BCUT2D eigenvalue weighted by molar-refractivity contribution is 9.11. The minimum atomic E-state index is -3.89. The molecule has 5 heterocycles. The van der Waals surface area contributed by atoms with Gasteiger partial charge in [-0.3, -0.25) is 10.6 Å². The number of guanidine groups is 2. The standard InChI is InChI=1S/C19H22ClFN4O4S2.C14H19BrFN3O4S2.CH4.B2/c1-18(2,3)29-17(26)23-16-24-19(4,10-31(27,28)25(16)5)15-12(21)9-13(30-15)11-6-7-22-14(20)8-11;1-13(2,3)23-12(20)17-11-18-14(4,7-25(21,22)19(11)5)10-8(16)6-9(15)24-10;;1-2/h6-9H,10H2,1-5H3,(H,23,24,26);6H,7H2,1-5H3,(H,17,18,20);1H4;/t19-;14-;;/m00../s1. The Labute approximate surface area is 368 Å². The third-order valence-corrected chi connectivity index (χ3v) is 15.0. The van der Waals surface area contributed by atoms with Crippen molar-refractivity contribution in [3.05, 3.63) is 60.8 Å². The van der Waals surface area contributed by atoms with Crippen LogP contribution in [0.4, 0.5) is 18.4 Å². The highest BCUT2D eigenvalue weighted by Gasteiger charge is 2.45. The van der Waals surface area contributed by atoms with Gasteiger partial charge in [0, 0.05) is 40.6 Å². The second-order valence-corrected chi connectivity index (χ2v) is 22.9. The van der Waals surface area contributed by atoms with Gasteiger partial charge in [0.2, 0.25) is 32.0 Å². The predicted octanol–water partition coefficient (Wildman–Crippen LogP) is 6.87. The predicted molar refractivity (Wildman–Crippen MR) is 234 cm³/mol. The smallest absolute Gasteiger partial charge is 0.414 e. The van der Waals surface area contributed by atoms with E-state index in [4.69, 9.17) is 21.1 Å². The van der Waals surface area contributed by atoms with Gasteiger partial charge in [0.05, 0.1) is 25.0 Å². The van der Waals surface area contributed by atoms with E-state index in [2.05, 4.69) is 57.0 Å². The van der Waals surface area contributed by atoms with Gasteiger partial charge >= 0.3 is 12.2 Å². The van der Waals surface area contributed by atoms with Crippen LogP contribution in [0.5, 0.6) is 0 Å². The first-order chi connectivity index (χ1) is 26.4. The van der Waals surface area contributed by atoms with Crippen molar-refractivity contribution in [2.24, 2.45) is 9.98 Å². The molecular formula is C34H45B2BrClF2N7O8S4. The Morgan fingerprint density at radius 2 is 1.24 bits per heavy atom. The lowest BCUT2D eigenvalue weighted by molar-refractivity contribution is 0.0546. The Hall–Kier alpha value is -3.31. The summed E-state index contributed by atoms with van der Waals surface area (Å²) in [6, 6.07) is 5.82. The van der Waals surface area contributed by atoms with Gasteiger partial charge in [-0.1, -0.05) is 19.0 Å². The third-order valence-electron chi connectivity index (χ3n) is 7.62. The lowest BCUT2D eigenvalue weighted by atomic mass is 9.81. The van der Waals surface area contributed by atoms with Crippen LogP contribution in [0.15, 0.2) is 44.2 Å². The quantitative estimate of drug-likeness (QED) is 0.209. The zero-order valence-electron chi connectivity index (χ0n) is 33.1. The summed E-state index contributed by atoms with van der Waals surface area (Å²) < 4.78 is 92.3. The van der Waals surface area contributed by atoms with Gasteiger partial charge in [0.1, 0.15) is 39.1 Å². The van der Waals surface area contributed by atoms with Crippen LogP contribution in [-0.4, -0.2) is 107 Å². The molecule has 2 aliphatic rings. The molecule has 322 valence electrons. The number of amides is 2. The molecule has 0 saturated carbocycles. The van der Waals surface area contributed by atoms with E-state index in [1.54, 1.807) is 53.7 Å². The van der Waals surface area contributed by atoms with Crippen molar-refractivity contribution in [1.82, 2.24) is 24.2 Å². The van der Waals surface area contributed by atoms with E-state index in [9.17, 15) is 35.2 Å². The molecule has 25 heteroatoms. The maximum Gasteiger partial charge on any atom is 0.414 e. The zero-order valence-corrected chi connectivity index (χ0v) is 38.7. The number of hydrogen-bond donors (Lipinski definition) is 2. The maximum absolute atomic E-state index is 15.0. The van der Waals surface area contributed by atoms with Crippen LogP contribution in [0.3, 0.4) is 0 Å². The third kappa shape index (κ3) is 13.3. The largest absolute Gasteiger partial charge is 0.444 e. The lowest BCUT2D eigenvalue weighted by Crippen LogP contribution is -2.54. The summed E-state index contributed by atoms with van der Waals surface area (Å²) in [4.78, 5) is 37.6. The SMILES string of the molecule is C.CN1C(NC(=O)OC(C)(C)C)=N[C@](C)(c2sc(-c3ccnc(Cl)c3)cc2F)CS1(=O)=O.CN1C(NC(=O)OC(C)(C)C)=N[C@](C)(c2sc(Br)cc2F)CS1(=O)=O.[B][B]. The molecule has 0 spiro atoms. The van der Waals surface area contributed by atoms with Crippen molar-refractivity contribution in [3.63, 3.8) is 0 Å². The lowest BCUT2D eigenvalue weighted by Gasteiger charge is -2.35. The summed E-state index contributed by atoms with van der Waals surface area (Å²) in [5.74, 6) is -2.50. The topological polar surface area (TPSA) is 189 Å². The second kappa shape index (κ2) is 19.2. The van der Waals surface area contributed by atoms with Gasteiger partial charge in [-0.15, -0.1) is 22.7 Å². The molecular weight excluding hydrogens is 938 g/mol. The molecule has 0 fully saturated rings. The molecule has 3 aromatic rings. The molecule has 0 bridgehead atoms. The molecule has 4 radical (unpaired) electrons. The van der Waals surface area contributed by atoms with Crippen LogP contribution in [-0.2, 0) is 40.6 Å². The average molecular weight is 983 g/mol. The summed E-state index contributed by atoms with van der Waals surface area (Å²) in [5.41, 5.74) is -3.73. The minimum Gasteiger partial charge on any atom is -0.444 e. The number of ether oxygens (including phenoxy) is 2. The van der Waals surface area contributed by atoms with Crippen molar-refractivity contribution in [3.8, 4) is 10.4 Å². The van der Waals surface area contributed by atoms with Gasteiger partial charge in [-0.2, -0.15) is 0 Å².